The number of nitrogens with one attached hydrogen (secondary N) is 1. The Balaban J connectivity index is 1.58. The Kier molecular flexibility index (Phi) is 5.67. The normalized spacial score (nSPS) is 19.7. The third kappa shape index (κ3) is 4.59. The average molecular weight is 457 g/mol. The fourth-order valence-corrected chi connectivity index (χ4v) is 4.38. The summed E-state index contributed by atoms with van der Waals surface area (Å²) >= 11 is 0. The Labute approximate surface area is 181 Å². The van der Waals surface area contributed by atoms with Gasteiger partial charge in [0.1, 0.15) is 5.75 Å². The fraction of sp³-hybridized carbons (Fsp3) is 0.545. The predicted octanol–water partition coefficient (Wildman–Crippen LogP) is 5.87. The van der Waals surface area contributed by atoms with Crippen LogP contribution in [0.5, 0.6) is 5.75 Å². The average Bonchev–Trinajstić information content (AvgIpc) is 2.92. The second-order valence-electron chi connectivity index (χ2n) is 8.74. The molecule has 0 radical (unpaired) electrons. The third-order valence-electron chi connectivity index (χ3n) is 6.44. The van der Waals surface area contributed by atoms with E-state index in [4.69, 9.17) is 0 Å². The number of benzene rings is 1. The van der Waals surface area contributed by atoms with Crippen molar-refractivity contribution < 1.29 is 31.5 Å². The molecule has 10 heteroatoms. The molecule has 1 aromatic carbocycles. The number of aromatic nitrogens is 2. The van der Waals surface area contributed by atoms with Gasteiger partial charge in [-0.1, -0.05) is 13.3 Å². The zero-order valence-electron chi connectivity index (χ0n) is 17.7. The molecule has 5 nitrogen and oxygen atoms in total. The van der Waals surface area contributed by atoms with Crippen molar-refractivity contribution in [2.24, 2.45) is 18.9 Å². The molecule has 2 aromatic rings. The van der Waals surface area contributed by atoms with Gasteiger partial charge in [0.05, 0.1) is 5.69 Å². The van der Waals surface area contributed by atoms with E-state index in [-0.39, 0.29) is 36.3 Å². The van der Waals surface area contributed by atoms with Gasteiger partial charge >= 0.3 is 6.36 Å². The zero-order chi connectivity index (χ0) is 23.3. The van der Waals surface area contributed by atoms with Gasteiger partial charge in [0, 0.05) is 36.9 Å². The van der Waals surface area contributed by atoms with E-state index in [1.54, 1.807) is 18.7 Å². The van der Waals surface area contributed by atoms with Crippen LogP contribution in [0.2, 0.25) is 0 Å². The number of ether oxygens (including phenoxy) is 1. The van der Waals surface area contributed by atoms with Crippen LogP contribution < -0.4 is 10.1 Å². The number of halogens is 5. The lowest BCUT2D eigenvalue weighted by Crippen LogP contribution is -2.42. The molecule has 1 atom stereocenters. The molecule has 2 aliphatic rings. The molecule has 2 aliphatic carbocycles. The first-order chi connectivity index (χ1) is 14.9. The summed E-state index contributed by atoms with van der Waals surface area (Å²) in [6.07, 6.45) is -2.53. The SMILES string of the molecule is C[C@@H](C(=O)Nc1nn(C)c(-c2ccc(OC(F)(F)F)cc2)c1C1CCC1)C1CC(F)(F)C1. The van der Waals surface area contributed by atoms with E-state index in [0.29, 0.717) is 17.1 Å². The highest BCUT2D eigenvalue weighted by Gasteiger charge is 2.49. The molecular formula is C22H24F5N3O2. The van der Waals surface area contributed by atoms with E-state index >= 15 is 0 Å². The van der Waals surface area contributed by atoms with Crippen LogP contribution in [0.25, 0.3) is 11.3 Å². The van der Waals surface area contributed by atoms with Gasteiger partial charge in [0.25, 0.3) is 0 Å². The molecule has 0 spiro atoms. The summed E-state index contributed by atoms with van der Waals surface area (Å²) < 4.78 is 69.3. The molecule has 1 N–H and O–H groups in total. The molecule has 1 heterocycles. The predicted molar refractivity (Wildman–Crippen MR) is 107 cm³/mol. The highest BCUT2D eigenvalue weighted by atomic mass is 19.4. The van der Waals surface area contributed by atoms with E-state index in [0.717, 1.165) is 24.8 Å². The van der Waals surface area contributed by atoms with Crippen LogP contribution >= 0.6 is 0 Å². The quantitative estimate of drug-likeness (QED) is 0.552. The summed E-state index contributed by atoms with van der Waals surface area (Å²) in [6, 6.07) is 5.50. The molecule has 4 rings (SSSR count). The zero-order valence-corrected chi connectivity index (χ0v) is 17.7. The largest absolute Gasteiger partial charge is 0.573 e. The monoisotopic (exact) mass is 457 g/mol. The van der Waals surface area contributed by atoms with Gasteiger partial charge in [-0.05, 0) is 48.9 Å². The summed E-state index contributed by atoms with van der Waals surface area (Å²) in [6.45, 7) is 1.64. The lowest BCUT2D eigenvalue weighted by molar-refractivity contribution is -0.274. The number of alkyl halides is 5. The van der Waals surface area contributed by atoms with Gasteiger partial charge in [-0.15, -0.1) is 13.2 Å². The second-order valence-corrected chi connectivity index (χ2v) is 8.74. The van der Waals surface area contributed by atoms with Crippen LogP contribution in [0, 0.1) is 11.8 Å². The van der Waals surface area contributed by atoms with Crippen molar-refractivity contribution in [3.63, 3.8) is 0 Å². The van der Waals surface area contributed by atoms with Crippen LogP contribution in [0.4, 0.5) is 27.8 Å². The summed E-state index contributed by atoms with van der Waals surface area (Å²) in [5.41, 5.74) is 2.16. The first kappa shape index (κ1) is 22.5. The minimum Gasteiger partial charge on any atom is -0.406 e. The third-order valence-corrected chi connectivity index (χ3v) is 6.44. The fourth-order valence-electron chi connectivity index (χ4n) is 4.38. The Morgan fingerprint density at radius 3 is 2.34 bits per heavy atom. The summed E-state index contributed by atoms with van der Waals surface area (Å²) in [7, 11) is 1.70. The van der Waals surface area contributed by atoms with Gasteiger partial charge in [0.15, 0.2) is 5.82 Å². The molecule has 1 amide bonds. The van der Waals surface area contributed by atoms with Crippen molar-refractivity contribution in [3.05, 3.63) is 29.8 Å². The highest BCUT2D eigenvalue weighted by molar-refractivity contribution is 5.93. The van der Waals surface area contributed by atoms with Crippen molar-refractivity contribution in [2.45, 2.75) is 57.2 Å². The molecule has 32 heavy (non-hydrogen) atoms. The number of carbonyl (C=O) groups excluding carboxylic acids is 1. The number of hydrogen-bond acceptors (Lipinski definition) is 3. The number of hydrogen-bond donors (Lipinski definition) is 1. The van der Waals surface area contributed by atoms with Crippen LogP contribution in [0.15, 0.2) is 24.3 Å². The maximum absolute atomic E-state index is 13.2. The Morgan fingerprint density at radius 2 is 1.84 bits per heavy atom. The number of aryl methyl sites for hydroxylation is 1. The van der Waals surface area contributed by atoms with Gasteiger partial charge in [-0.2, -0.15) is 5.10 Å². The lowest BCUT2D eigenvalue weighted by atomic mass is 9.73. The molecule has 2 saturated carbocycles. The molecule has 174 valence electrons. The molecule has 0 bridgehead atoms. The Hall–Kier alpha value is -2.65. The lowest BCUT2D eigenvalue weighted by Gasteiger charge is -2.38. The van der Waals surface area contributed by atoms with Crippen LogP contribution in [-0.2, 0) is 11.8 Å². The van der Waals surface area contributed by atoms with Gasteiger partial charge in [-0.3, -0.25) is 9.48 Å². The van der Waals surface area contributed by atoms with Crippen molar-refractivity contribution in [2.75, 3.05) is 5.32 Å². The standard InChI is InChI=1S/C22H24F5N3O2/c1-12(15-10-21(23,24)11-15)20(31)28-19-17(13-4-3-5-13)18(30(2)29-19)14-6-8-16(9-7-14)32-22(25,26)27/h6-9,12-13,15H,3-5,10-11H2,1-2H3,(H,28,29,31)/t12-/m1/s1. The van der Waals surface area contributed by atoms with Crippen molar-refractivity contribution in [1.82, 2.24) is 9.78 Å². The summed E-state index contributed by atoms with van der Waals surface area (Å²) in [5, 5.41) is 7.27. The van der Waals surface area contributed by atoms with Crippen LogP contribution in [0.3, 0.4) is 0 Å². The number of anilines is 1. The molecule has 1 aromatic heterocycles. The highest BCUT2D eigenvalue weighted by Crippen LogP contribution is 2.47. The number of carbonyl (C=O) groups is 1. The van der Waals surface area contributed by atoms with Crippen LogP contribution in [0.1, 0.15) is 50.5 Å². The molecular weight excluding hydrogens is 433 g/mol. The van der Waals surface area contributed by atoms with E-state index < -0.39 is 18.2 Å². The Morgan fingerprint density at radius 1 is 1.22 bits per heavy atom. The maximum Gasteiger partial charge on any atom is 0.573 e. The van der Waals surface area contributed by atoms with Gasteiger partial charge in [0.2, 0.25) is 11.8 Å². The summed E-state index contributed by atoms with van der Waals surface area (Å²) in [5.74, 6) is -3.79. The second kappa shape index (κ2) is 8.04. The minimum absolute atomic E-state index is 0.156. The molecule has 0 unspecified atom stereocenters. The maximum atomic E-state index is 13.2. The first-order valence-electron chi connectivity index (χ1n) is 10.6. The Bertz CT molecular complexity index is 988. The van der Waals surface area contributed by atoms with E-state index in [1.165, 1.54) is 24.3 Å². The molecule has 0 aliphatic heterocycles. The van der Waals surface area contributed by atoms with Crippen molar-refractivity contribution in [1.29, 1.82) is 0 Å². The summed E-state index contributed by atoms with van der Waals surface area (Å²) in [4.78, 5) is 12.7. The molecule has 2 fully saturated rings. The number of amides is 1. The van der Waals surface area contributed by atoms with E-state index in [1.807, 2.05) is 0 Å². The number of nitrogens with zero attached hydrogens (tertiary/aromatic N) is 2. The number of rotatable bonds is 6. The van der Waals surface area contributed by atoms with Crippen molar-refractivity contribution in [3.8, 4) is 17.0 Å². The first-order valence-corrected chi connectivity index (χ1v) is 10.6. The molecule has 0 saturated heterocycles. The minimum atomic E-state index is -4.77. The topological polar surface area (TPSA) is 56.2 Å². The van der Waals surface area contributed by atoms with E-state index in [9.17, 15) is 26.7 Å². The van der Waals surface area contributed by atoms with Gasteiger partial charge in [-0.25, -0.2) is 8.78 Å². The smallest absolute Gasteiger partial charge is 0.406 e. The van der Waals surface area contributed by atoms with E-state index in [2.05, 4.69) is 15.2 Å². The van der Waals surface area contributed by atoms with Crippen molar-refractivity contribution >= 4 is 11.7 Å². The van der Waals surface area contributed by atoms with Crippen LogP contribution in [-0.4, -0.2) is 28.0 Å². The van der Waals surface area contributed by atoms with Gasteiger partial charge < -0.3 is 10.1 Å².